The highest BCUT2D eigenvalue weighted by atomic mass is 19.1. The first kappa shape index (κ1) is 13.3. The predicted octanol–water partition coefficient (Wildman–Crippen LogP) is 4.51. The van der Waals surface area contributed by atoms with Crippen molar-refractivity contribution in [1.82, 2.24) is 4.98 Å². The van der Waals surface area contributed by atoms with Gasteiger partial charge in [-0.1, -0.05) is 36.4 Å². The van der Waals surface area contributed by atoms with E-state index in [9.17, 15) is 9.18 Å². The number of nitrogens with one attached hydrogen (secondary N) is 1. The molecule has 1 N–H and O–H groups in total. The summed E-state index contributed by atoms with van der Waals surface area (Å²) in [7, 11) is 0. The minimum absolute atomic E-state index is 0.0609. The van der Waals surface area contributed by atoms with Crippen molar-refractivity contribution in [3.05, 3.63) is 77.2 Å². The summed E-state index contributed by atoms with van der Waals surface area (Å²) in [5.41, 5.74) is 3.28. The Bertz CT molecular complexity index is 828. The summed E-state index contributed by atoms with van der Waals surface area (Å²) in [6.45, 7) is 1.89. The number of aryl methyl sites for hydroxylation is 1. The SMILES string of the molecule is Cc1[nH]c2ccccc2c1C(=O)/C=C/c1ccc(F)cc1. The van der Waals surface area contributed by atoms with Gasteiger partial charge in [-0.25, -0.2) is 4.39 Å². The number of rotatable bonds is 3. The van der Waals surface area contributed by atoms with E-state index < -0.39 is 0 Å². The molecule has 0 saturated carbocycles. The number of hydrogen-bond acceptors (Lipinski definition) is 1. The van der Waals surface area contributed by atoms with Crippen LogP contribution in [0.4, 0.5) is 4.39 Å². The number of H-pyrrole nitrogens is 1. The van der Waals surface area contributed by atoms with Gasteiger partial charge in [0.05, 0.1) is 5.56 Å². The van der Waals surface area contributed by atoms with Crippen LogP contribution in [0.25, 0.3) is 17.0 Å². The van der Waals surface area contributed by atoms with E-state index in [2.05, 4.69) is 4.98 Å². The molecule has 0 radical (unpaired) electrons. The number of para-hydroxylation sites is 1. The quantitative estimate of drug-likeness (QED) is 0.555. The van der Waals surface area contributed by atoms with Gasteiger partial charge in [0.25, 0.3) is 0 Å². The fourth-order valence-corrected chi connectivity index (χ4v) is 2.42. The molecule has 2 aromatic carbocycles. The fourth-order valence-electron chi connectivity index (χ4n) is 2.42. The predicted molar refractivity (Wildman–Crippen MR) is 82.8 cm³/mol. The fraction of sp³-hybridized carbons (Fsp3) is 0.0556. The average molecular weight is 279 g/mol. The zero-order valence-electron chi connectivity index (χ0n) is 11.6. The lowest BCUT2D eigenvalue weighted by Crippen LogP contribution is -1.95. The summed E-state index contributed by atoms with van der Waals surface area (Å²) >= 11 is 0. The van der Waals surface area contributed by atoms with Crippen LogP contribution in [0.2, 0.25) is 0 Å². The minimum atomic E-state index is -0.286. The van der Waals surface area contributed by atoms with Gasteiger partial charge in [0.15, 0.2) is 5.78 Å². The Balaban J connectivity index is 1.94. The molecule has 0 amide bonds. The molecule has 104 valence electrons. The lowest BCUT2D eigenvalue weighted by atomic mass is 10.1. The molecule has 0 aliphatic heterocycles. The summed E-state index contributed by atoms with van der Waals surface area (Å²) in [4.78, 5) is 15.6. The molecule has 3 rings (SSSR count). The van der Waals surface area contributed by atoms with E-state index in [0.29, 0.717) is 5.56 Å². The number of halogens is 1. The van der Waals surface area contributed by atoms with Gasteiger partial charge in [0.2, 0.25) is 0 Å². The van der Waals surface area contributed by atoms with Crippen molar-refractivity contribution < 1.29 is 9.18 Å². The molecule has 0 atom stereocenters. The Kier molecular flexibility index (Phi) is 3.40. The van der Waals surface area contributed by atoms with Gasteiger partial charge in [0.1, 0.15) is 5.82 Å². The van der Waals surface area contributed by atoms with Crippen LogP contribution in [-0.2, 0) is 0 Å². The summed E-state index contributed by atoms with van der Waals surface area (Å²) in [5.74, 6) is -0.347. The summed E-state index contributed by atoms with van der Waals surface area (Å²) in [5, 5.41) is 0.920. The molecule has 3 heteroatoms. The lowest BCUT2D eigenvalue weighted by molar-refractivity contribution is 0.104. The number of hydrogen-bond donors (Lipinski definition) is 1. The van der Waals surface area contributed by atoms with E-state index >= 15 is 0 Å². The topological polar surface area (TPSA) is 32.9 Å². The maximum Gasteiger partial charge on any atom is 0.188 e. The first-order valence-corrected chi connectivity index (χ1v) is 6.70. The Labute approximate surface area is 121 Å². The normalized spacial score (nSPS) is 11.3. The van der Waals surface area contributed by atoms with Crippen molar-refractivity contribution in [2.75, 3.05) is 0 Å². The van der Waals surface area contributed by atoms with Crippen LogP contribution in [0.5, 0.6) is 0 Å². The summed E-state index contributed by atoms with van der Waals surface area (Å²) in [6, 6.07) is 13.8. The van der Waals surface area contributed by atoms with Crippen molar-refractivity contribution in [3.8, 4) is 0 Å². The Morgan fingerprint density at radius 2 is 1.81 bits per heavy atom. The number of allylic oxidation sites excluding steroid dienone is 1. The highest BCUT2D eigenvalue weighted by Crippen LogP contribution is 2.22. The lowest BCUT2D eigenvalue weighted by Gasteiger charge is -1.96. The average Bonchev–Trinajstić information content (AvgIpc) is 2.82. The van der Waals surface area contributed by atoms with Crippen molar-refractivity contribution in [2.24, 2.45) is 0 Å². The highest BCUT2D eigenvalue weighted by Gasteiger charge is 2.13. The first-order valence-electron chi connectivity index (χ1n) is 6.70. The molecule has 3 aromatic rings. The third kappa shape index (κ3) is 2.63. The molecule has 21 heavy (non-hydrogen) atoms. The zero-order chi connectivity index (χ0) is 14.8. The monoisotopic (exact) mass is 279 g/mol. The zero-order valence-corrected chi connectivity index (χ0v) is 11.6. The molecular formula is C18H14FNO. The van der Waals surface area contributed by atoms with Gasteiger partial charge in [-0.2, -0.15) is 0 Å². The standard InChI is InChI=1S/C18H14FNO/c1-12-18(15-4-2-3-5-16(15)20-12)17(21)11-8-13-6-9-14(19)10-7-13/h2-11,20H,1H3/b11-8+. The maximum absolute atomic E-state index is 12.8. The van der Waals surface area contributed by atoms with Crippen LogP contribution >= 0.6 is 0 Å². The molecule has 2 nitrogen and oxygen atoms in total. The number of aromatic nitrogens is 1. The van der Waals surface area contributed by atoms with Crippen LogP contribution in [0.3, 0.4) is 0 Å². The number of aromatic amines is 1. The van der Waals surface area contributed by atoms with Crippen molar-refractivity contribution in [2.45, 2.75) is 6.92 Å². The number of ketones is 1. The largest absolute Gasteiger partial charge is 0.358 e. The van der Waals surface area contributed by atoms with Crippen molar-refractivity contribution in [1.29, 1.82) is 0 Å². The van der Waals surface area contributed by atoms with E-state index in [1.54, 1.807) is 18.2 Å². The molecular weight excluding hydrogens is 265 g/mol. The van der Waals surface area contributed by atoms with E-state index in [4.69, 9.17) is 0 Å². The molecule has 0 saturated heterocycles. The van der Waals surface area contributed by atoms with E-state index in [1.807, 2.05) is 31.2 Å². The molecule has 0 fully saturated rings. The second kappa shape index (κ2) is 5.37. The molecule has 1 heterocycles. The Morgan fingerprint density at radius 1 is 1.10 bits per heavy atom. The van der Waals surface area contributed by atoms with Crippen LogP contribution in [0, 0.1) is 12.7 Å². The second-order valence-electron chi connectivity index (χ2n) is 4.92. The van der Waals surface area contributed by atoms with E-state index in [0.717, 1.165) is 22.2 Å². The first-order chi connectivity index (χ1) is 10.1. The third-order valence-corrected chi connectivity index (χ3v) is 3.44. The molecule has 0 spiro atoms. The molecule has 0 aliphatic rings. The second-order valence-corrected chi connectivity index (χ2v) is 4.92. The maximum atomic E-state index is 12.8. The van der Waals surface area contributed by atoms with E-state index in [1.165, 1.54) is 18.2 Å². The number of carbonyl (C=O) groups is 1. The number of fused-ring (bicyclic) bond motifs is 1. The van der Waals surface area contributed by atoms with Crippen molar-refractivity contribution >= 4 is 22.8 Å². The molecule has 0 aliphatic carbocycles. The van der Waals surface area contributed by atoms with Gasteiger partial charge < -0.3 is 4.98 Å². The van der Waals surface area contributed by atoms with Crippen LogP contribution in [0.1, 0.15) is 21.6 Å². The molecule has 0 bridgehead atoms. The smallest absolute Gasteiger partial charge is 0.188 e. The minimum Gasteiger partial charge on any atom is -0.358 e. The molecule has 0 unspecified atom stereocenters. The summed E-state index contributed by atoms with van der Waals surface area (Å²) in [6.07, 6.45) is 3.22. The molecule has 1 aromatic heterocycles. The van der Waals surface area contributed by atoms with Gasteiger partial charge in [0, 0.05) is 16.6 Å². The Hall–Kier alpha value is -2.68. The Morgan fingerprint density at radius 3 is 2.57 bits per heavy atom. The van der Waals surface area contributed by atoms with Crippen molar-refractivity contribution in [3.63, 3.8) is 0 Å². The highest BCUT2D eigenvalue weighted by molar-refractivity contribution is 6.15. The van der Waals surface area contributed by atoms with Gasteiger partial charge in [-0.05, 0) is 36.8 Å². The van der Waals surface area contributed by atoms with Crippen LogP contribution < -0.4 is 0 Å². The van der Waals surface area contributed by atoms with Gasteiger partial charge in [-0.3, -0.25) is 4.79 Å². The number of benzene rings is 2. The van der Waals surface area contributed by atoms with E-state index in [-0.39, 0.29) is 11.6 Å². The third-order valence-electron chi connectivity index (χ3n) is 3.44. The number of carbonyl (C=O) groups excluding carboxylic acids is 1. The van der Waals surface area contributed by atoms with Gasteiger partial charge in [-0.15, -0.1) is 0 Å². The van der Waals surface area contributed by atoms with Gasteiger partial charge >= 0.3 is 0 Å². The summed E-state index contributed by atoms with van der Waals surface area (Å²) < 4.78 is 12.8. The van der Waals surface area contributed by atoms with Crippen LogP contribution in [-0.4, -0.2) is 10.8 Å². The van der Waals surface area contributed by atoms with Crippen LogP contribution in [0.15, 0.2) is 54.6 Å².